The monoisotopic (exact) mass is 302 g/mol. The second kappa shape index (κ2) is 4.60. The van der Waals surface area contributed by atoms with E-state index in [9.17, 15) is 44.7 Å². The number of halogens is 8. The van der Waals surface area contributed by atoms with E-state index in [1.807, 2.05) is 0 Å². The molecule has 0 spiro atoms. The summed E-state index contributed by atoms with van der Waals surface area (Å²) in [6.45, 7) is -0.906. The molecule has 0 fully saturated rings. The quantitative estimate of drug-likeness (QED) is 0.455. The molecule has 112 valence electrons. The van der Waals surface area contributed by atoms with Gasteiger partial charge in [0.2, 0.25) is 0 Å². The van der Waals surface area contributed by atoms with Crippen molar-refractivity contribution in [2.75, 3.05) is 0 Å². The molecule has 0 aliphatic heterocycles. The molecule has 0 rings (SSSR count). The van der Waals surface area contributed by atoms with Gasteiger partial charge in [0.1, 0.15) is 0 Å². The summed E-state index contributed by atoms with van der Waals surface area (Å²) in [4.78, 5) is 20.9. The molecular weight excluding hydrogens is 296 g/mol. The molecule has 0 aromatic rings. The number of carbonyl (C=O) groups is 2. The largest absolute Gasteiger partial charge is 0.404 e. The first-order valence-corrected chi connectivity index (χ1v) is 4.33. The first kappa shape index (κ1) is 17.6. The van der Waals surface area contributed by atoms with Crippen molar-refractivity contribution in [3.63, 3.8) is 0 Å². The molecule has 0 unspecified atom stereocenters. The lowest BCUT2D eigenvalue weighted by Gasteiger charge is -2.23. The third-order valence-corrected chi connectivity index (χ3v) is 1.80. The van der Waals surface area contributed by atoms with Crippen LogP contribution in [0.15, 0.2) is 0 Å². The minimum atomic E-state index is -5.62. The highest BCUT2D eigenvalue weighted by Gasteiger charge is 2.65. The predicted molar refractivity (Wildman–Crippen MR) is 42.2 cm³/mol. The van der Waals surface area contributed by atoms with Gasteiger partial charge in [-0.1, -0.05) is 0 Å². The van der Waals surface area contributed by atoms with Gasteiger partial charge in [-0.25, -0.2) is 9.59 Å². The summed E-state index contributed by atoms with van der Waals surface area (Å²) in [7, 11) is 0. The molecule has 3 nitrogen and oxygen atoms in total. The molecule has 0 radical (unpaired) electrons. The molecule has 0 aromatic heterocycles. The number of rotatable bonds is 4. The zero-order valence-electron chi connectivity index (χ0n) is 9.25. The van der Waals surface area contributed by atoms with Crippen LogP contribution in [0.1, 0.15) is 13.8 Å². The van der Waals surface area contributed by atoms with Crippen LogP contribution in [0.5, 0.6) is 0 Å². The summed E-state index contributed by atoms with van der Waals surface area (Å²) in [5.41, 5.74) is 0. The van der Waals surface area contributed by atoms with E-state index >= 15 is 0 Å². The Morgan fingerprint density at radius 3 is 1.05 bits per heavy atom. The third-order valence-electron chi connectivity index (χ3n) is 1.80. The highest BCUT2D eigenvalue weighted by molar-refractivity contribution is 5.93. The van der Waals surface area contributed by atoms with Gasteiger partial charge < -0.3 is 4.74 Å². The molecular formula is C8H6F8O3. The van der Waals surface area contributed by atoms with E-state index < -0.39 is 49.5 Å². The Kier molecular flexibility index (Phi) is 4.26. The molecule has 11 heteroatoms. The fraction of sp³-hybridized carbons (Fsp3) is 0.750. The number of esters is 2. The summed E-state index contributed by atoms with van der Waals surface area (Å²) in [6, 6.07) is 0. The van der Waals surface area contributed by atoms with Crippen LogP contribution in [0.2, 0.25) is 0 Å². The fourth-order valence-corrected chi connectivity index (χ4v) is 0.571. The molecule has 0 saturated carbocycles. The lowest BCUT2D eigenvalue weighted by molar-refractivity contribution is -0.240. The average molecular weight is 302 g/mol. The number of ether oxygens (including phenoxy) is 1. The van der Waals surface area contributed by atoms with Crippen molar-refractivity contribution in [2.45, 2.75) is 37.5 Å². The van der Waals surface area contributed by atoms with Crippen molar-refractivity contribution < 1.29 is 49.4 Å². The molecule has 0 bridgehead atoms. The molecule has 0 aliphatic rings. The molecule has 0 aliphatic carbocycles. The van der Waals surface area contributed by atoms with E-state index in [0.717, 1.165) is 0 Å². The van der Waals surface area contributed by atoms with Crippen LogP contribution in [0.4, 0.5) is 35.1 Å². The molecule has 0 atom stereocenters. The van der Waals surface area contributed by atoms with Crippen molar-refractivity contribution in [3.8, 4) is 0 Å². The molecule has 0 saturated heterocycles. The summed E-state index contributed by atoms with van der Waals surface area (Å²) in [5, 5.41) is 0. The smallest absolute Gasteiger partial charge is 0.384 e. The van der Waals surface area contributed by atoms with Crippen molar-refractivity contribution in [1.82, 2.24) is 0 Å². The van der Waals surface area contributed by atoms with Gasteiger partial charge in [0.15, 0.2) is 0 Å². The SMILES string of the molecule is CC(F)(F)C(F)(F)C(=O)OC(=O)C(F)(F)C(C)(F)F. The summed E-state index contributed by atoms with van der Waals surface area (Å²) in [6.07, 6.45) is 0. The van der Waals surface area contributed by atoms with Crippen LogP contribution in [-0.4, -0.2) is 35.6 Å². The lowest BCUT2D eigenvalue weighted by atomic mass is 10.2. The molecule has 19 heavy (non-hydrogen) atoms. The summed E-state index contributed by atoms with van der Waals surface area (Å²) >= 11 is 0. The van der Waals surface area contributed by atoms with E-state index in [-0.39, 0.29) is 0 Å². The predicted octanol–water partition coefficient (Wildman–Crippen LogP) is 2.64. The molecule has 0 N–H and O–H groups in total. The molecule has 0 aromatic carbocycles. The first-order chi connectivity index (χ1) is 8.05. The van der Waals surface area contributed by atoms with Crippen LogP contribution in [0.25, 0.3) is 0 Å². The second-order valence-corrected chi connectivity index (χ2v) is 3.60. The van der Waals surface area contributed by atoms with Gasteiger partial charge in [0, 0.05) is 13.8 Å². The second-order valence-electron chi connectivity index (χ2n) is 3.60. The van der Waals surface area contributed by atoms with Gasteiger partial charge in [-0.05, 0) is 0 Å². The van der Waals surface area contributed by atoms with Crippen LogP contribution in [0.3, 0.4) is 0 Å². The maximum absolute atomic E-state index is 12.6. The Bertz CT molecular complexity index is 342. The van der Waals surface area contributed by atoms with Gasteiger partial charge in [0.25, 0.3) is 0 Å². The van der Waals surface area contributed by atoms with Crippen molar-refractivity contribution >= 4 is 11.9 Å². The Balaban J connectivity index is 5.11. The van der Waals surface area contributed by atoms with E-state index in [4.69, 9.17) is 0 Å². The Labute approximate surface area is 100 Å². The van der Waals surface area contributed by atoms with E-state index in [1.165, 1.54) is 0 Å². The average Bonchev–Trinajstić information content (AvgIpc) is 2.13. The summed E-state index contributed by atoms with van der Waals surface area (Å²) < 4.78 is 102. The van der Waals surface area contributed by atoms with E-state index in [2.05, 4.69) is 4.74 Å². The summed E-state index contributed by atoms with van der Waals surface area (Å²) in [5.74, 6) is -28.0. The zero-order valence-corrected chi connectivity index (χ0v) is 9.25. The van der Waals surface area contributed by atoms with E-state index in [0.29, 0.717) is 0 Å². The molecule has 0 heterocycles. The van der Waals surface area contributed by atoms with Gasteiger partial charge in [-0.2, -0.15) is 35.1 Å². The standard InChI is InChI=1S/C8H6F8O3/c1-5(9,10)7(13,14)3(17)19-4(18)8(15,16)6(2,11)12/h1-2H3. The highest BCUT2D eigenvalue weighted by atomic mass is 19.3. The van der Waals surface area contributed by atoms with Crippen molar-refractivity contribution in [2.24, 2.45) is 0 Å². The third kappa shape index (κ3) is 3.32. The first-order valence-electron chi connectivity index (χ1n) is 4.33. The topological polar surface area (TPSA) is 43.4 Å². The van der Waals surface area contributed by atoms with Crippen LogP contribution in [-0.2, 0) is 14.3 Å². The maximum Gasteiger partial charge on any atom is 0.404 e. The van der Waals surface area contributed by atoms with Gasteiger partial charge in [0.05, 0.1) is 0 Å². The zero-order chi connectivity index (χ0) is 15.9. The van der Waals surface area contributed by atoms with Crippen LogP contribution in [0, 0.1) is 0 Å². The van der Waals surface area contributed by atoms with Crippen molar-refractivity contribution in [3.05, 3.63) is 0 Å². The Morgan fingerprint density at radius 2 is 0.895 bits per heavy atom. The lowest BCUT2D eigenvalue weighted by Crippen LogP contribution is -2.51. The van der Waals surface area contributed by atoms with Gasteiger partial charge >= 0.3 is 35.6 Å². The van der Waals surface area contributed by atoms with Crippen LogP contribution < -0.4 is 0 Å². The van der Waals surface area contributed by atoms with Gasteiger partial charge in [-0.3, -0.25) is 0 Å². The van der Waals surface area contributed by atoms with E-state index in [1.54, 1.807) is 0 Å². The fourth-order valence-electron chi connectivity index (χ4n) is 0.571. The normalized spacial score (nSPS) is 14.2. The van der Waals surface area contributed by atoms with Crippen LogP contribution >= 0.6 is 0 Å². The van der Waals surface area contributed by atoms with Crippen molar-refractivity contribution in [1.29, 1.82) is 0 Å². The maximum atomic E-state index is 12.6. The minimum absolute atomic E-state index is 0.453. The minimum Gasteiger partial charge on any atom is -0.384 e. The highest BCUT2D eigenvalue weighted by Crippen LogP contribution is 2.38. The molecule has 0 amide bonds. The Hall–Kier alpha value is -1.42. The number of carbonyl (C=O) groups excluding carboxylic acids is 2. The number of hydrogen-bond acceptors (Lipinski definition) is 3. The number of hydrogen-bond donors (Lipinski definition) is 0. The number of alkyl halides is 8. The van der Waals surface area contributed by atoms with Gasteiger partial charge in [-0.15, -0.1) is 0 Å². The Morgan fingerprint density at radius 1 is 0.684 bits per heavy atom.